The highest BCUT2D eigenvalue weighted by atomic mass is 16.5. The number of benzene rings is 2. The molecule has 0 saturated carbocycles. The van der Waals surface area contributed by atoms with Crippen LogP contribution in [-0.2, 0) is 22.6 Å². The van der Waals surface area contributed by atoms with Gasteiger partial charge in [0, 0.05) is 12.8 Å². The van der Waals surface area contributed by atoms with E-state index in [2.05, 4.69) is 12.2 Å². The van der Waals surface area contributed by atoms with Crippen molar-refractivity contribution in [1.82, 2.24) is 5.32 Å². The number of carboxylic acids is 1. The number of hydrogen-bond acceptors (Lipinski definition) is 3. The van der Waals surface area contributed by atoms with Crippen LogP contribution in [0.2, 0.25) is 0 Å². The third-order valence-electron chi connectivity index (χ3n) is 5.25. The van der Waals surface area contributed by atoms with Gasteiger partial charge < -0.3 is 15.2 Å². The first kappa shape index (κ1) is 24.4. The van der Waals surface area contributed by atoms with Crippen LogP contribution in [0, 0.1) is 0 Å². The lowest BCUT2D eigenvalue weighted by Gasteiger charge is -2.15. The van der Waals surface area contributed by atoms with Crippen LogP contribution < -0.4 is 10.1 Å². The first-order chi connectivity index (χ1) is 15.1. The summed E-state index contributed by atoms with van der Waals surface area (Å²) in [4.78, 5) is 23.8. The standard InChI is InChI=1S/C26H35NO4/c1-2-3-4-5-6-7-11-14-25(28)27-24(26(29)30)19-21-15-17-23(18-16-21)31-20-22-12-9-8-10-13-22/h8-10,12-13,15-18,24H,2-7,11,14,19-20H2,1H3,(H,27,28)(H,29,30). The summed E-state index contributed by atoms with van der Waals surface area (Å²) >= 11 is 0. The highest BCUT2D eigenvalue weighted by molar-refractivity contribution is 5.83. The smallest absolute Gasteiger partial charge is 0.326 e. The minimum absolute atomic E-state index is 0.191. The van der Waals surface area contributed by atoms with E-state index in [1.54, 1.807) is 0 Å². The summed E-state index contributed by atoms with van der Waals surface area (Å²) in [6.45, 7) is 2.67. The van der Waals surface area contributed by atoms with Crippen LogP contribution in [0.25, 0.3) is 0 Å². The van der Waals surface area contributed by atoms with Gasteiger partial charge in [0.25, 0.3) is 0 Å². The second-order valence-corrected chi connectivity index (χ2v) is 7.95. The predicted molar refractivity (Wildman–Crippen MR) is 123 cm³/mol. The molecule has 0 aromatic heterocycles. The van der Waals surface area contributed by atoms with Crippen molar-refractivity contribution in [2.75, 3.05) is 0 Å². The van der Waals surface area contributed by atoms with E-state index in [0.717, 1.165) is 36.1 Å². The summed E-state index contributed by atoms with van der Waals surface area (Å²) in [7, 11) is 0. The number of amides is 1. The second-order valence-electron chi connectivity index (χ2n) is 7.95. The maximum atomic E-state index is 12.2. The summed E-state index contributed by atoms with van der Waals surface area (Å²) in [5.74, 6) is -0.483. The van der Waals surface area contributed by atoms with Crippen molar-refractivity contribution < 1.29 is 19.4 Å². The van der Waals surface area contributed by atoms with Crippen LogP contribution in [0.15, 0.2) is 54.6 Å². The predicted octanol–water partition coefficient (Wildman–Crippen LogP) is 5.52. The Hall–Kier alpha value is -2.82. The van der Waals surface area contributed by atoms with E-state index >= 15 is 0 Å². The molecule has 5 nitrogen and oxygen atoms in total. The molecule has 0 heterocycles. The fourth-order valence-corrected chi connectivity index (χ4v) is 3.41. The summed E-state index contributed by atoms with van der Waals surface area (Å²) in [6, 6.07) is 16.3. The van der Waals surface area contributed by atoms with E-state index < -0.39 is 12.0 Å². The van der Waals surface area contributed by atoms with E-state index in [-0.39, 0.29) is 12.3 Å². The summed E-state index contributed by atoms with van der Waals surface area (Å²) in [6.07, 6.45) is 8.52. The second kappa shape index (κ2) is 14.2. The van der Waals surface area contributed by atoms with Crippen molar-refractivity contribution in [3.05, 3.63) is 65.7 Å². The Labute approximate surface area is 185 Å². The zero-order chi connectivity index (χ0) is 22.3. The fourth-order valence-electron chi connectivity index (χ4n) is 3.41. The zero-order valence-electron chi connectivity index (χ0n) is 18.5. The number of unbranched alkanes of at least 4 members (excludes halogenated alkanes) is 6. The molecule has 2 N–H and O–H groups in total. The number of carbonyl (C=O) groups is 2. The Bertz CT molecular complexity index is 774. The average molecular weight is 426 g/mol. The van der Waals surface area contributed by atoms with Crippen LogP contribution in [-0.4, -0.2) is 23.0 Å². The number of carbonyl (C=O) groups excluding carboxylic acids is 1. The fraction of sp³-hybridized carbons (Fsp3) is 0.462. The molecule has 5 heteroatoms. The van der Waals surface area contributed by atoms with Crippen molar-refractivity contribution in [2.45, 2.75) is 77.4 Å². The van der Waals surface area contributed by atoms with Crippen molar-refractivity contribution >= 4 is 11.9 Å². The molecule has 0 fully saturated rings. The van der Waals surface area contributed by atoms with Crippen molar-refractivity contribution in [3.63, 3.8) is 0 Å². The van der Waals surface area contributed by atoms with Gasteiger partial charge in [-0.25, -0.2) is 4.79 Å². The van der Waals surface area contributed by atoms with Crippen LogP contribution in [0.5, 0.6) is 5.75 Å². The number of nitrogens with one attached hydrogen (secondary N) is 1. The van der Waals surface area contributed by atoms with Gasteiger partial charge in [-0.3, -0.25) is 4.79 Å². The van der Waals surface area contributed by atoms with E-state index in [1.807, 2.05) is 54.6 Å². The molecule has 31 heavy (non-hydrogen) atoms. The number of carboxylic acid groups (broad SMARTS) is 1. The van der Waals surface area contributed by atoms with Gasteiger partial charge in [0.05, 0.1) is 0 Å². The quantitative estimate of drug-likeness (QED) is 0.369. The van der Waals surface area contributed by atoms with Crippen LogP contribution in [0.1, 0.15) is 69.4 Å². The molecule has 2 rings (SSSR count). The van der Waals surface area contributed by atoms with Crippen LogP contribution in [0.4, 0.5) is 0 Å². The number of ether oxygens (including phenoxy) is 1. The van der Waals surface area contributed by atoms with E-state index in [9.17, 15) is 14.7 Å². The van der Waals surface area contributed by atoms with Gasteiger partial charge in [0.1, 0.15) is 18.4 Å². The van der Waals surface area contributed by atoms with Crippen LogP contribution >= 0.6 is 0 Å². The molecule has 0 aliphatic rings. The zero-order valence-corrected chi connectivity index (χ0v) is 18.5. The third kappa shape index (κ3) is 10.2. The molecule has 2 aromatic rings. The summed E-state index contributed by atoms with van der Waals surface area (Å²) in [5, 5.41) is 12.2. The third-order valence-corrected chi connectivity index (χ3v) is 5.25. The minimum atomic E-state index is -1.02. The number of hydrogen-bond donors (Lipinski definition) is 2. The van der Waals surface area contributed by atoms with Crippen molar-refractivity contribution in [3.8, 4) is 5.75 Å². The normalized spacial score (nSPS) is 11.6. The molecule has 0 radical (unpaired) electrons. The molecular formula is C26H35NO4. The van der Waals surface area contributed by atoms with Gasteiger partial charge in [-0.2, -0.15) is 0 Å². The Kier molecular flexibility index (Phi) is 11.2. The largest absolute Gasteiger partial charge is 0.489 e. The minimum Gasteiger partial charge on any atom is -0.489 e. The molecule has 2 aromatic carbocycles. The lowest BCUT2D eigenvalue weighted by molar-refractivity contribution is -0.141. The maximum Gasteiger partial charge on any atom is 0.326 e. The topological polar surface area (TPSA) is 75.6 Å². The first-order valence-electron chi connectivity index (χ1n) is 11.4. The lowest BCUT2D eigenvalue weighted by Crippen LogP contribution is -2.42. The number of aliphatic carboxylic acids is 1. The van der Waals surface area contributed by atoms with Gasteiger partial charge >= 0.3 is 5.97 Å². The Morgan fingerprint density at radius 3 is 2.16 bits per heavy atom. The summed E-state index contributed by atoms with van der Waals surface area (Å²) in [5.41, 5.74) is 1.93. The average Bonchev–Trinajstić information content (AvgIpc) is 2.78. The van der Waals surface area contributed by atoms with Gasteiger partial charge in [-0.1, -0.05) is 87.9 Å². The molecule has 0 aliphatic heterocycles. The molecule has 168 valence electrons. The molecule has 0 spiro atoms. The lowest BCUT2D eigenvalue weighted by atomic mass is 10.0. The van der Waals surface area contributed by atoms with Gasteiger partial charge in [0.15, 0.2) is 0 Å². The monoisotopic (exact) mass is 425 g/mol. The van der Waals surface area contributed by atoms with Gasteiger partial charge in [0.2, 0.25) is 5.91 Å². The van der Waals surface area contributed by atoms with Crippen molar-refractivity contribution in [1.29, 1.82) is 0 Å². The maximum absolute atomic E-state index is 12.2. The van der Waals surface area contributed by atoms with E-state index in [1.165, 1.54) is 25.7 Å². The Morgan fingerprint density at radius 2 is 1.52 bits per heavy atom. The van der Waals surface area contributed by atoms with Gasteiger partial charge in [-0.15, -0.1) is 0 Å². The summed E-state index contributed by atoms with van der Waals surface area (Å²) < 4.78 is 5.76. The first-order valence-corrected chi connectivity index (χ1v) is 11.4. The van der Waals surface area contributed by atoms with E-state index in [0.29, 0.717) is 13.0 Å². The molecule has 0 saturated heterocycles. The van der Waals surface area contributed by atoms with Gasteiger partial charge in [-0.05, 0) is 29.7 Å². The molecule has 1 amide bonds. The highest BCUT2D eigenvalue weighted by Gasteiger charge is 2.20. The molecule has 1 unspecified atom stereocenters. The molecule has 0 bridgehead atoms. The molecule has 0 aliphatic carbocycles. The number of rotatable bonds is 15. The molecular weight excluding hydrogens is 390 g/mol. The molecule has 1 atom stereocenters. The Balaban J connectivity index is 1.73. The highest BCUT2D eigenvalue weighted by Crippen LogP contribution is 2.16. The van der Waals surface area contributed by atoms with Crippen molar-refractivity contribution in [2.24, 2.45) is 0 Å². The van der Waals surface area contributed by atoms with E-state index in [4.69, 9.17) is 4.74 Å². The Morgan fingerprint density at radius 1 is 0.871 bits per heavy atom. The SMILES string of the molecule is CCCCCCCCCC(=O)NC(Cc1ccc(OCc2ccccc2)cc1)C(=O)O. The van der Waals surface area contributed by atoms with Crippen LogP contribution in [0.3, 0.4) is 0 Å².